The van der Waals surface area contributed by atoms with Gasteiger partial charge in [0.2, 0.25) is 0 Å². The fourth-order valence-electron chi connectivity index (χ4n) is 3.51. The molecule has 32 heavy (non-hydrogen) atoms. The molecule has 1 saturated heterocycles. The van der Waals surface area contributed by atoms with E-state index in [-0.39, 0.29) is 16.2 Å². The summed E-state index contributed by atoms with van der Waals surface area (Å²) in [6, 6.07) is 22.3. The molecule has 156 valence electrons. The molecule has 3 aromatic carbocycles. The van der Waals surface area contributed by atoms with Crippen molar-refractivity contribution in [3.05, 3.63) is 99.4 Å². The van der Waals surface area contributed by atoms with Gasteiger partial charge in [-0.2, -0.15) is 0 Å². The largest absolute Gasteiger partial charge is 0.321 e. The average Bonchev–Trinajstić information content (AvgIpc) is 3.29. The molecule has 1 N–H and O–H groups in total. The van der Waals surface area contributed by atoms with Crippen molar-refractivity contribution < 1.29 is 14.5 Å². The number of nitrogens with zero attached hydrogens (tertiary/aromatic N) is 3. The molecule has 0 radical (unpaired) electrons. The molecule has 2 amide bonds. The number of amides is 2. The maximum absolute atomic E-state index is 13.5. The van der Waals surface area contributed by atoms with E-state index in [0.29, 0.717) is 27.8 Å². The highest BCUT2D eigenvalue weighted by molar-refractivity contribution is 8.19. The third-order valence-corrected chi connectivity index (χ3v) is 6.00. The van der Waals surface area contributed by atoms with Gasteiger partial charge in [-0.15, -0.1) is 0 Å². The van der Waals surface area contributed by atoms with Gasteiger partial charge in [0.1, 0.15) is 0 Å². The van der Waals surface area contributed by atoms with E-state index in [4.69, 9.17) is 0 Å². The number of hydrogen-bond donors (Lipinski definition) is 1. The second-order valence-electron chi connectivity index (χ2n) is 6.95. The summed E-state index contributed by atoms with van der Waals surface area (Å²) in [6.45, 7) is 0. The number of nitrogens with one attached hydrogen (secondary N) is 1. The molecule has 8 nitrogen and oxygen atoms in total. The monoisotopic (exact) mass is 442 g/mol. The van der Waals surface area contributed by atoms with Crippen LogP contribution in [0.1, 0.15) is 5.56 Å². The van der Waals surface area contributed by atoms with E-state index in [1.54, 1.807) is 24.3 Å². The lowest BCUT2D eigenvalue weighted by Crippen LogP contribution is -2.29. The number of anilines is 2. The molecule has 0 aromatic heterocycles. The maximum atomic E-state index is 13.5. The number of aliphatic imine (C=N–C) groups is 1. The van der Waals surface area contributed by atoms with Crippen molar-refractivity contribution in [3.63, 3.8) is 0 Å². The Morgan fingerprint density at radius 2 is 1.62 bits per heavy atom. The van der Waals surface area contributed by atoms with Crippen molar-refractivity contribution in [3.8, 4) is 0 Å². The molecule has 0 aliphatic carbocycles. The predicted octanol–water partition coefficient (Wildman–Crippen LogP) is 4.73. The zero-order chi connectivity index (χ0) is 22.2. The number of rotatable bonds is 3. The molecule has 3 aromatic rings. The minimum absolute atomic E-state index is 0.109. The Morgan fingerprint density at radius 1 is 0.938 bits per heavy atom. The molecule has 0 atom stereocenters. The van der Waals surface area contributed by atoms with Gasteiger partial charge < -0.3 is 5.32 Å². The van der Waals surface area contributed by atoms with Gasteiger partial charge in [-0.05, 0) is 42.1 Å². The van der Waals surface area contributed by atoms with Crippen molar-refractivity contribution in [1.82, 2.24) is 0 Å². The number of nitro benzene ring substituents is 1. The fraction of sp³-hybridized carbons (Fsp3) is 0. The van der Waals surface area contributed by atoms with Gasteiger partial charge in [-0.3, -0.25) is 24.6 Å². The van der Waals surface area contributed by atoms with Gasteiger partial charge >= 0.3 is 0 Å². The molecule has 0 bridgehead atoms. The topological polar surface area (TPSA) is 105 Å². The first kappa shape index (κ1) is 19.7. The highest BCUT2D eigenvalue weighted by Crippen LogP contribution is 2.44. The number of nitro groups is 1. The summed E-state index contributed by atoms with van der Waals surface area (Å²) in [4.78, 5) is 43.3. The zero-order valence-corrected chi connectivity index (χ0v) is 17.2. The molecule has 2 heterocycles. The number of carbonyl (C=O) groups is 2. The molecule has 0 saturated carbocycles. The molecule has 0 unspecified atom stereocenters. The van der Waals surface area contributed by atoms with Crippen LogP contribution in [0.4, 0.5) is 22.7 Å². The van der Waals surface area contributed by atoms with Crippen molar-refractivity contribution in [2.45, 2.75) is 0 Å². The van der Waals surface area contributed by atoms with Gasteiger partial charge in [0.15, 0.2) is 5.17 Å². The molecule has 0 spiro atoms. The first-order chi connectivity index (χ1) is 15.5. The highest BCUT2D eigenvalue weighted by atomic mass is 32.2. The Labute approximate surface area is 186 Å². The van der Waals surface area contributed by atoms with Crippen LogP contribution in [0.2, 0.25) is 0 Å². The van der Waals surface area contributed by atoms with Gasteiger partial charge in [-0.25, -0.2) is 4.99 Å². The summed E-state index contributed by atoms with van der Waals surface area (Å²) in [5.74, 6) is -0.897. The number of thioether (sulfide) groups is 1. The van der Waals surface area contributed by atoms with E-state index < -0.39 is 16.7 Å². The fourth-order valence-corrected chi connectivity index (χ4v) is 4.61. The second kappa shape index (κ2) is 7.78. The summed E-state index contributed by atoms with van der Waals surface area (Å²) in [5.41, 5.74) is 1.96. The van der Waals surface area contributed by atoms with Crippen LogP contribution in [-0.4, -0.2) is 21.9 Å². The van der Waals surface area contributed by atoms with Crippen molar-refractivity contribution in [1.29, 1.82) is 0 Å². The predicted molar refractivity (Wildman–Crippen MR) is 124 cm³/mol. The van der Waals surface area contributed by atoms with Crippen LogP contribution < -0.4 is 10.2 Å². The average molecular weight is 442 g/mol. The third-order valence-electron chi connectivity index (χ3n) is 4.96. The molecule has 1 fully saturated rings. The minimum Gasteiger partial charge on any atom is -0.321 e. The van der Waals surface area contributed by atoms with Crippen LogP contribution in [0.3, 0.4) is 0 Å². The van der Waals surface area contributed by atoms with Crippen LogP contribution in [0.15, 0.2) is 88.8 Å². The minimum atomic E-state index is -0.534. The van der Waals surface area contributed by atoms with Crippen molar-refractivity contribution in [2.75, 3.05) is 10.2 Å². The van der Waals surface area contributed by atoms with Crippen molar-refractivity contribution >= 4 is 57.1 Å². The standard InChI is InChI=1S/C23H14N4O4S/c28-21-19(17-13-16(27(30)31)11-12-18(17)25-21)20-22(29)26(15-9-5-2-6-10-15)23(32-20)24-14-7-3-1-4-8-14/h1-13H,(H,25,28)/b20-19-,24-23-. The lowest BCUT2D eigenvalue weighted by Gasteiger charge is -2.15. The number of carbonyl (C=O) groups excluding carboxylic acids is 2. The van der Waals surface area contributed by atoms with E-state index in [0.717, 1.165) is 11.8 Å². The lowest BCUT2D eigenvalue weighted by molar-refractivity contribution is -0.384. The summed E-state index contributed by atoms with van der Waals surface area (Å²) in [6.07, 6.45) is 0. The Hall–Kier alpha value is -4.24. The summed E-state index contributed by atoms with van der Waals surface area (Å²) in [5, 5.41) is 14.3. The van der Waals surface area contributed by atoms with E-state index in [9.17, 15) is 19.7 Å². The SMILES string of the molecule is O=C1Nc2ccc([N+](=O)[O-])cc2/C1=C1/S/C(=N\c2ccccc2)N(c2ccccc2)C1=O. The molecular weight excluding hydrogens is 428 g/mol. The Morgan fingerprint density at radius 3 is 2.31 bits per heavy atom. The molecule has 9 heteroatoms. The quantitative estimate of drug-likeness (QED) is 0.359. The lowest BCUT2D eigenvalue weighted by atomic mass is 10.1. The second-order valence-corrected chi connectivity index (χ2v) is 7.93. The van der Waals surface area contributed by atoms with Gasteiger partial charge in [0, 0.05) is 23.4 Å². The number of para-hydroxylation sites is 2. The normalized spacial score (nSPS) is 18.8. The van der Waals surface area contributed by atoms with Crippen LogP contribution in [0.25, 0.3) is 5.57 Å². The van der Waals surface area contributed by atoms with E-state index in [1.807, 2.05) is 36.4 Å². The van der Waals surface area contributed by atoms with Crippen molar-refractivity contribution in [2.24, 2.45) is 4.99 Å². The molecule has 5 rings (SSSR count). The van der Waals surface area contributed by atoms with Gasteiger partial charge in [0.05, 0.1) is 26.8 Å². The van der Waals surface area contributed by atoms with Crippen LogP contribution in [0.5, 0.6) is 0 Å². The van der Waals surface area contributed by atoms with Crippen LogP contribution in [-0.2, 0) is 9.59 Å². The van der Waals surface area contributed by atoms with Crippen LogP contribution >= 0.6 is 11.8 Å². The highest BCUT2D eigenvalue weighted by Gasteiger charge is 2.41. The summed E-state index contributed by atoms with van der Waals surface area (Å²) in [7, 11) is 0. The maximum Gasteiger partial charge on any atom is 0.272 e. The first-order valence-electron chi connectivity index (χ1n) is 9.58. The Balaban J connectivity index is 1.68. The molecule has 2 aliphatic rings. The van der Waals surface area contributed by atoms with Crippen LogP contribution in [0, 0.1) is 10.1 Å². The van der Waals surface area contributed by atoms with E-state index in [1.165, 1.54) is 23.1 Å². The Bertz CT molecular complexity index is 1340. The van der Waals surface area contributed by atoms with E-state index >= 15 is 0 Å². The first-order valence-corrected chi connectivity index (χ1v) is 10.4. The summed E-state index contributed by atoms with van der Waals surface area (Å²) >= 11 is 1.07. The number of non-ortho nitro benzene ring substituents is 1. The number of amidine groups is 1. The molecule has 2 aliphatic heterocycles. The summed E-state index contributed by atoms with van der Waals surface area (Å²) < 4.78 is 0. The van der Waals surface area contributed by atoms with Gasteiger partial charge in [0.25, 0.3) is 17.5 Å². The third kappa shape index (κ3) is 3.34. The molecular formula is C23H14N4O4S. The number of fused-ring (bicyclic) bond motifs is 1. The van der Waals surface area contributed by atoms with E-state index in [2.05, 4.69) is 10.3 Å². The Kier molecular flexibility index (Phi) is 4.79. The van der Waals surface area contributed by atoms with Gasteiger partial charge in [-0.1, -0.05) is 36.4 Å². The zero-order valence-electron chi connectivity index (χ0n) is 16.4. The number of benzene rings is 3. The number of hydrogen-bond acceptors (Lipinski definition) is 6. The smallest absolute Gasteiger partial charge is 0.272 e.